The summed E-state index contributed by atoms with van der Waals surface area (Å²) >= 11 is 0. The fourth-order valence-electron chi connectivity index (χ4n) is 1.98. The lowest BCUT2D eigenvalue weighted by molar-refractivity contribution is -0.118. The van der Waals surface area contributed by atoms with Gasteiger partial charge >= 0.3 is 0 Å². The molecule has 1 amide bonds. The number of anilines is 1. The summed E-state index contributed by atoms with van der Waals surface area (Å²) in [5, 5.41) is 2.85. The average molecular weight is 234 g/mol. The predicted molar refractivity (Wildman–Crippen MR) is 67.4 cm³/mol. The van der Waals surface area contributed by atoms with Crippen LogP contribution in [0.2, 0.25) is 0 Å². The van der Waals surface area contributed by atoms with Crippen molar-refractivity contribution >= 4 is 11.6 Å². The zero-order chi connectivity index (χ0) is 12.4. The van der Waals surface area contributed by atoms with Crippen molar-refractivity contribution in [1.29, 1.82) is 0 Å². The van der Waals surface area contributed by atoms with E-state index in [4.69, 9.17) is 10.5 Å². The smallest absolute Gasteiger partial charge is 0.262 e. The molecule has 1 aliphatic rings. The van der Waals surface area contributed by atoms with Crippen LogP contribution in [0.15, 0.2) is 12.1 Å². The summed E-state index contributed by atoms with van der Waals surface area (Å²) in [4.78, 5) is 11.3. The molecule has 1 aromatic rings. The summed E-state index contributed by atoms with van der Waals surface area (Å²) < 4.78 is 5.49. The number of amides is 1. The minimum atomic E-state index is -0.0999. The van der Waals surface area contributed by atoms with Crippen molar-refractivity contribution in [3.8, 4) is 5.75 Å². The maximum Gasteiger partial charge on any atom is 0.262 e. The summed E-state index contributed by atoms with van der Waals surface area (Å²) in [5.74, 6) is 1.09. The minimum absolute atomic E-state index is 0.0889. The monoisotopic (exact) mass is 234 g/mol. The van der Waals surface area contributed by atoms with Gasteiger partial charge in [-0.25, -0.2) is 0 Å². The first kappa shape index (κ1) is 11.9. The third-order valence-electron chi connectivity index (χ3n) is 2.89. The molecule has 0 bridgehead atoms. The van der Waals surface area contributed by atoms with Crippen LogP contribution in [-0.4, -0.2) is 19.1 Å². The maximum atomic E-state index is 11.3. The standard InChI is InChI=1S/C13H18N2O2/c1-8(2)10-5-9(3-4-14)13-11(6-10)15-12(16)7-17-13/h5-6,8H,3-4,7,14H2,1-2H3,(H,15,16). The van der Waals surface area contributed by atoms with Crippen LogP contribution in [0.1, 0.15) is 30.9 Å². The topological polar surface area (TPSA) is 64.3 Å². The van der Waals surface area contributed by atoms with Crippen molar-refractivity contribution in [2.24, 2.45) is 5.73 Å². The van der Waals surface area contributed by atoms with Crippen LogP contribution < -0.4 is 15.8 Å². The third-order valence-corrected chi connectivity index (χ3v) is 2.89. The Balaban J connectivity index is 2.46. The molecular weight excluding hydrogens is 216 g/mol. The van der Waals surface area contributed by atoms with Gasteiger partial charge in [0.05, 0.1) is 5.69 Å². The first-order valence-corrected chi connectivity index (χ1v) is 5.91. The fourth-order valence-corrected chi connectivity index (χ4v) is 1.98. The van der Waals surface area contributed by atoms with E-state index in [0.29, 0.717) is 12.5 Å². The van der Waals surface area contributed by atoms with Gasteiger partial charge in [-0.2, -0.15) is 0 Å². The first-order valence-electron chi connectivity index (χ1n) is 5.91. The van der Waals surface area contributed by atoms with E-state index in [0.717, 1.165) is 23.4 Å². The molecule has 92 valence electrons. The quantitative estimate of drug-likeness (QED) is 0.835. The second-order valence-electron chi connectivity index (χ2n) is 4.59. The van der Waals surface area contributed by atoms with Gasteiger partial charge in [0.1, 0.15) is 5.75 Å². The van der Waals surface area contributed by atoms with E-state index in [-0.39, 0.29) is 12.5 Å². The molecule has 1 aromatic carbocycles. The van der Waals surface area contributed by atoms with E-state index in [2.05, 4.69) is 25.2 Å². The zero-order valence-electron chi connectivity index (χ0n) is 10.2. The van der Waals surface area contributed by atoms with E-state index < -0.39 is 0 Å². The van der Waals surface area contributed by atoms with Crippen LogP contribution >= 0.6 is 0 Å². The second kappa shape index (κ2) is 4.75. The molecule has 4 nitrogen and oxygen atoms in total. The van der Waals surface area contributed by atoms with Crippen molar-refractivity contribution in [3.63, 3.8) is 0 Å². The summed E-state index contributed by atoms with van der Waals surface area (Å²) in [5.41, 5.74) is 8.65. The summed E-state index contributed by atoms with van der Waals surface area (Å²) in [7, 11) is 0. The highest BCUT2D eigenvalue weighted by Gasteiger charge is 2.20. The molecule has 0 aliphatic carbocycles. The minimum Gasteiger partial charge on any atom is -0.481 e. The Morgan fingerprint density at radius 1 is 1.47 bits per heavy atom. The van der Waals surface area contributed by atoms with Gasteiger partial charge in [-0.15, -0.1) is 0 Å². The average Bonchev–Trinajstić information content (AvgIpc) is 2.28. The normalized spacial score (nSPS) is 14.2. The molecule has 17 heavy (non-hydrogen) atoms. The van der Waals surface area contributed by atoms with Crippen LogP contribution in [0, 0.1) is 0 Å². The van der Waals surface area contributed by atoms with Gasteiger partial charge in [-0.1, -0.05) is 19.9 Å². The lowest BCUT2D eigenvalue weighted by Gasteiger charge is -2.22. The number of nitrogens with two attached hydrogens (primary N) is 1. The Morgan fingerprint density at radius 3 is 2.88 bits per heavy atom. The van der Waals surface area contributed by atoms with Crippen LogP contribution in [0.5, 0.6) is 5.75 Å². The first-order chi connectivity index (χ1) is 8.11. The number of hydrogen-bond acceptors (Lipinski definition) is 3. The van der Waals surface area contributed by atoms with Crippen molar-refractivity contribution in [3.05, 3.63) is 23.3 Å². The summed E-state index contributed by atoms with van der Waals surface area (Å²) in [6.45, 7) is 4.91. The molecule has 3 N–H and O–H groups in total. The highest BCUT2D eigenvalue weighted by Crippen LogP contribution is 2.35. The lowest BCUT2D eigenvalue weighted by Crippen LogP contribution is -2.26. The molecule has 0 fully saturated rings. The number of carbonyl (C=O) groups excluding carboxylic acids is 1. The molecule has 0 atom stereocenters. The number of nitrogens with one attached hydrogen (secondary N) is 1. The SMILES string of the molecule is CC(C)c1cc(CCN)c2c(c1)NC(=O)CO2. The maximum absolute atomic E-state index is 11.3. The lowest BCUT2D eigenvalue weighted by atomic mass is 9.97. The molecule has 0 saturated heterocycles. The molecule has 0 spiro atoms. The van der Waals surface area contributed by atoms with E-state index >= 15 is 0 Å². The Hall–Kier alpha value is -1.55. The predicted octanol–water partition coefficient (Wildman–Crippen LogP) is 1.64. The van der Waals surface area contributed by atoms with Crippen LogP contribution in [0.25, 0.3) is 0 Å². The largest absolute Gasteiger partial charge is 0.481 e. The Labute approximate surface area is 101 Å². The van der Waals surface area contributed by atoms with Gasteiger partial charge in [0.15, 0.2) is 6.61 Å². The number of fused-ring (bicyclic) bond motifs is 1. The zero-order valence-corrected chi connectivity index (χ0v) is 10.2. The number of hydrogen-bond donors (Lipinski definition) is 2. The number of benzene rings is 1. The van der Waals surface area contributed by atoms with Crippen LogP contribution in [0.3, 0.4) is 0 Å². The molecule has 2 rings (SSSR count). The molecular formula is C13H18N2O2. The number of ether oxygens (including phenoxy) is 1. The molecule has 0 radical (unpaired) electrons. The number of carbonyl (C=O) groups is 1. The van der Waals surface area contributed by atoms with Crippen molar-refractivity contribution in [1.82, 2.24) is 0 Å². The van der Waals surface area contributed by atoms with E-state index in [1.165, 1.54) is 5.56 Å². The van der Waals surface area contributed by atoms with E-state index in [1.54, 1.807) is 0 Å². The van der Waals surface area contributed by atoms with Crippen molar-refractivity contribution < 1.29 is 9.53 Å². The molecule has 1 aliphatic heterocycles. The van der Waals surface area contributed by atoms with Gasteiger partial charge in [-0.05, 0) is 36.1 Å². The molecule has 0 saturated carbocycles. The Bertz CT molecular complexity index is 441. The fraction of sp³-hybridized carbons (Fsp3) is 0.462. The van der Waals surface area contributed by atoms with Gasteiger partial charge in [0, 0.05) is 0 Å². The third kappa shape index (κ3) is 2.42. The Kier molecular flexibility index (Phi) is 3.33. The molecule has 0 aromatic heterocycles. The molecule has 1 heterocycles. The highest BCUT2D eigenvalue weighted by molar-refractivity contribution is 5.95. The highest BCUT2D eigenvalue weighted by atomic mass is 16.5. The number of rotatable bonds is 3. The second-order valence-corrected chi connectivity index (χ2v) is 4.59. The van der Waals surface area contributed by atoms with Gasteiger partial charge in [0.25, 0.3) is 5.91 Å². The van der Waals surface area contributed by atoms with Gasteiger partial charge in [0.2, 0.25) is 0 Å². The van der Waals surface area contributed by atoms with Crippen LogP contribution in [0.4, 0.5) is 5.69 Å². The Morgan fingerprint density at radius 2 is 2.24 bits per heavy atom. The van der Waals surface area contributed by atoms with E-state index in [1.807, 2.05) is 6.07 Å². The molecule has 4 heteroatoms. The summed E-state index contributed by atoms with van der Waals surface area (Å²) in [6, 6.07) is 4.10. The summed E-state index contributed by atoms with van der Waals surface area (Å²) in [6.07, 6.45) is 0.763. The van der Waals surface area contributed by atoms with E-state index in [9.17, 15) is 4.79 Å². The van der Waals surface area contributed by atoms with Gasteiger partial charge in [-0.3, -0.25) is 4.79 Å². The van der Waals surface area contributed by atoms with Crippen molar-refractivity contribution in [2.45, 2.75) is 26.2 Å². The van der Waals surface area contributed by atoms with Gasteiger partial charge < -0.3 is 15.8 Å². The van der Waals surface area contributed by atoms with Crippen LogP contribution in [-0.2, 0) is 11.2 Å². The van der Waals surface area contributed by atoms with Crippen molar-refractivity contribution in [2.75, 3.05) is 18.5 Å². The molecule has 0 unspecified atom stereocenters.